The molecule has 0 saturated carbocycles. The fourth-order valence-corrected chi connectivity index (χ4v) is 3.11. The van der Waals surface area contributed by atoms with Crippen molar-refractivity contribution in [3.05, 3.63) is 83.4 Å². The van der Waals surface area contributed by atoms with Crippen molar-refractivity contribution in [2.24, 2.45) is 0 Å². The molecule has 158 valence electrons. The van der Waals surface area contributed by atoms with E-state index in [0.29, 0.717) is 5.56 Å². The Balaban J connectivity index is 2.47. The largest absolute Gasteiger partial charge is 0.417 e. The highest BCUT2D eigenvalue weighted by atomic mass is 19.4. The first-order valence-electron chi connectivity index (χ1n) is 8.34. The first kappa shape index (κ1) is 21.7. The van der Waals surface area contributed by atoms with Crippen LogP contribution in [0.2, 0.25) is 0 Å². The van der Waals surface area contributed by atoms with Crippen molar-refractivity contribution in [2.45, 2.75) is 18.5 Å². The van der Waals surface area contributed by atoms with E-state index in [4.69, 9.17) is 0 Å². The number of hydrogen-bond acceptors (Lipinski definition) is 0. The van der Waals surface area contributed by atoms with E-state index in [0.717, 1.165) is 6.07 Å². The fraction of sp³-hybridized carbons (Fsp3) is 0.143. The molecule has 30 heavy (non-hydrogen) atoms. The Labute approximate surface area is 164 Å². The smallest absolute Gasteiger partial charge is 0.166 e. The van der Waals surface area contributed by atoms with Gasteiger partial charge >= 0.3 is 18.5 Å². The van der Waals surface area contributed by atoms with Crippen LogP contribution in [0, 0.1) is 0 Å². The second-order valence-corrected chi connectivity index (χ2v) is 6.35. The molecule has 0 spiro atoms. The summed E-state index contributed by atoms with van der Waals surface area (Å²) < 4.78 is 121. The third-order valence-electron chi connectivity index (χ3n) is 4.36. The molecule has 0 heterocycles. The maximum absolute atomic E-state index is 13.7. The van der Waals surface area contributed by atoms with Gasteiger partial charge in [-0.15, -0.1) is 0 Å². The summed E-state index contributed by atoms with van der Waals surface area (Å²) >= 11 is 0. The summed E-state index contributed by atoms with van der Waals surface area (Å²) in [4.78, 5) is 0. The number of alkyl halides is 9. The van der Waals surface area contributed by atoms with Gasteiger partial charge in [-0.2, -0.15) is 39.5 Å². The van der Waals surface area contributed by atoms with E-state index in [1.807, 2.05) is 0 Å². The van der Waals surface area contributed by atoms with Crippen LogP contribution < -0.4 is 0 Å². The highest BCUT2D eigenvalue weighted by Gasteiger charge is 2.45. The predicted octanol–water partition coefficient (Wildman–Crippen LogP) is 8.08. The lowest BCUT2D eigenvalue weighted by atomic mass is 9.87. The van der Waals surface area contributed by atoms with Gasteiger partial charge in [-0.25, -0.2) is 0 Å². The normalized spacial score (nSPS) is 12.8. The highest BCUT2D eigenvalue weighted by molar-refractivity contribution is 5.87. The number of hydrogen-bond donors (Lipinski definition) is 0. The quantitative estimate of drug-likeness (QED) is 0.358. The van der Waals surface area contributed by atoms with E-state index in [1.54, 1.807) is 6.07 Å². The maximum Gasteiger partial charge on any atom is 0.417 e. The minimum atomic E-state index is -5.46. The van der Waals surface area contributed by atoms with Crippen molar-refractivity contribution in [3.63, 3.8) is 0 Å². The number of benzene rings is 3. The van der Waals surface area contributed by atoms with Crippen LogP contribution in [-0.4, -0.2) is 0 Å². The Bertz CT molecular complexity index is 1010. The van der Waals surface area contributed by atoms with Gasteiger partial charge in [0, 0.05) is 5.56 Å². The number of halogens is 9. The van der Waals surface area contributed by atoms with E-state index in [9.17, 15) is 39.5 Å². The Morgan fingerprint density at radius 1 is 0.467 bits per heavy atom. The van der Waals surface area contributed by atoms with Crippen LogP contribution in [0.25, 0.3) is 22.3 Å². The van der Waals surface area contributed by atoms with E-state index < -0.39 is 46.3 Å². The van der Waals surface area contributed by atoms with Gasteiger partial charge in [0.1, 0.15) is 0 Å². The lowest BCUT2D eigenvalue weighted by Crippen LogP contribution is -2.18. The molecule has 0 nitrogen and oxygen atoms in total. The summed E-state index contributed by atoms with van der Waals surface area (Å²) in [6.07, 6.45) is -16.3. The third-order valence-corrected chi connectivity index (χ3v) is 4.36. The zero-order valence-corrected chi connectivity index (χ0v) is 14.8. The van der Waals surface area contributed by atoms with E-state index in [1.165, 1.54) is 42.5 Å². The molecule has 0 saturated heterocycles. The SMILES string of the molecule is FC(F)(F)c1cc(C(F)(F)F)c(-c2ccccc2-c2ccccc2)c(C(F)(F)F)c1. The van der Waals surface area contributed by atoms with E-state index in [-0.39, 0.29) is 17.7 Å². The molecule has 0 aliphatic rings. The molecule has 0 aliphatic heterocycles. The molecule has 3 aromatic carbocycles. The standard InChI is InChI=1S/C21H11F9/c22-19(23,24)13-10-16(20(25,26)27)18(17(11-13)21(28,29)30)15-9-5-4-8-14(15)12-6-2-1-3-7-12/h1-11H. The van der Waals surface area contributed by atoms with Crippen LogP contribution in [0.15, 0.2) is 66.7 Å². The summed E-state index contributed by atoms with van der Waals surface area (Å²) in [6, 6.07) is 12.0. The average Bonchev–Trinajstić information content (AvgIpc) is 2.65. The van der Waals surface area contributed by atoms with Crippen molar-refractivity contribution < 1.29 is 39.5 Å². The van der Waals surface area contributed by atoms with Crippen LogP contribution in [0.3, 0.4) is 0 Å². The van der Waals surface area contributed by atoms with Crippen molar-refractivity contribution in [2.75, 3.05) is 0 Å². The van der Waals surface area contributed by atoms with Crippen molar-refractivity contribution in [1.82, 2.24) is 0 Å². The van der Waals surface area contributed by atoms with Crippen LogP contribution in [0.4, 0.5) is 39.5 Å². The van der Waals surface area contributed by atoms with Gasteiger partial charge in [0.05, 0.1) is 16.7 Å². The fourth-order valence-electron chi connectivity index (χ4n) is 3.11. The molecule has 3 aromatic rings. The third kappa shape index (κ3) is 4.29. The van der Waals surface area contributed by atoms with Crippen molar-refractivity contribution >= 4 is 0 Å². The van der Waals surface area contributed by atoms with Crippen LogP contribution >= 0.6 is 0 Å². The molecular weight excluding hydrogens is 423 g/mol. The lowest BCUT2D eigenvalue weighted by Gasteiger charge is -2.23. The van der Waals surface area contributed by atoms with Gasteiger partial charge < -0.3 is 0 Å². The van der Waals surface area contributed by atoms with Gasteiger partial charge in [-0.05, 0) is 28.8 Å². The molecule has 0 bridgehead atoms. The zero-order chi connectivity index (χ0) is 22.3. The average molecular weight is 434 g/mol. The Hall–Kier alpha value is -2.97. The summed E-state index contributed by atoms with van der Waals surface area (Å²) in [5.74, 6) is 0. The summed E-state index contributed by atoms with van der Waals surface area (Å²) in [6.45, 7) is 0. The molecule has 0 radical (unpaired) electrons. The lowest BCUT2D eigenvalue weighted by molar-refractivity contribution is -0.147. The second kappa shape index (κ2) is 7.37. The minimum absolute atomic E-state index is 0.0221. The summed E-state index contributed by atoms with van der Waals surface area (Å²) in [5.41, 5.74) is -7.52. The molecule has 0 atom stereocenters. The summed E-state index contributed by atoms with van der Waals surface area (Å²) in [5, 5.41) is 0. The van der Waals surface area contributed by atoms with Gasteiger partial charge in [0.25, 0.3) is 0 Å². The monoisotopic (exact) mass is 434 g/mol. The predicted molar refractivity (Wildman–Crippen MR) is 92.3 cm³/mol. The Kier molecular flexibility index (Phi) is 5.34. The van der Waals surface area contributed by atoms with Crippen molar-refractivity contribution in [3.8, 4) is 22.3 Å². The van der Waals surface area contributed by atoms with Crippen molar-refractivity contribution in [1.29, 1.82) is 0 Å². The zero-order valence-electron chi connectivity index (χ0n) is 14.8. The van der Waals surface area contributed by atoms with E-state index in [2.05, 4.69) is 0 Å². The maximum atomic E-state index is 13.7. The molecule has 0 aromatic heterocycles. The molecule has 0 fully saturated rings. The highest BCUT2D eigenvalue weighted by Crippen LogP contribution is 2.49. The Morgan fingerprint density at radius 3 is 1.33 bits per heavy atom. The van der Waals surface area contributed by atoms with Crippen LogP contribution in [-0.2, 0) is 18.5 Å². The first-order chi connectivity index (χ1) is 13.8. The second-order valence-electron chi connectivity index (χ2n) is 6.35. The molecule has 0 unspecified atom stereocenters. The number of rotatable bonds is 2. The molecule has 3 rings (SSSR count). The first-order valence-corrected chi connectivity index (χ1v) is 8.34. The van der Waals surface area contributed by atoms with Crippen LogP contribution in [0.5, 0.6) is 0 Å². The van der Waals surface area contributed by atoms with Gasteiger partial charge in [-0.1, -0.05) is 54.6 Å². The Morgan fingerprint density at radius 2 is 0.900 bits per heavy atom. The van der Waals surface area contributed by atoms with Crippen LogP contribution in [0.1, 0.15) is 16.7 Å². The van der Waals surface area contributed by atoms with Gasteiger partial charge in [0.15, 0.2) is 0 Å². The molecule has 0 N–H and O–H groups in total. The molecular formula is C21H11F9. The minimum Gasteiger partial charge on any atom is -0.166 e. The topological polar surface area (TPSA) is 0 Å². The van der Waals surface area contributed by atoms with Gasteiger partial charge in [-0.3, -0.25) is 0 Å². The molecule has 0 aliphatic carbocycles. The van der Waals surface area contributed by atoms with Gasteiger partial charge in [0.2, 0.25) is 0 Å². The molecule has 9 heteroatoms. The summed E-state index contributed by atoms with van der Waals surface area (Å²) in [7, 11) is 0. The van der Waals surface area contributed by atoms with E-state index >= 15 is 0 Å². The molecule has 0 amide bonds.